The summed E-state index contributed by atoms with van der Waals surface area (Å²) in [7, 11) is -1.07. The number of nitrogens with zero attached hydrogens (tertiary/aromatic N) is 2. The van der Waals surface area contributed by atoms with E-state index in [1.165, 1.54) is 12.1 Å². The van der Waals surface area contributed by atoms with Gasteiger partial charge in [-0.2, -0.15) is 18.2 Å². The number of alkyl halides is 3. The summed E-state index contributed by atoms with van der Waals surface area (Å²) in [5, 5.41) is 17.9. The number of carbonyl (C=O) groups is 1. The van der Waals surface area contributed by atoms with E-state index in [0.29, 0.717) is 28.6 Å². The fourth-order valence-electron chi connectivity index (χ4n) is 3.24. The van der Waals surface area contributed by atoms with Crippen LogP contribution in [0.1, 0.15) is 11.1 Å². The molecule has 3 aromatic rings. The number of hydrogen-bond acceptors (Lipinski definition) is 7. The van der Waals surface area contributed by atoms with Crippen molar-refractivity contribution < 1.29 is 27.6 Å². The van der Waals surface area contributed by atoms with Gasteiger partial charge in [0.15, 0.2) is 0 Å². The second-order valence-corrected chi connectivity index (χ2v) is 7.01. The molecule has 0 radical (unpaired) electrons. The highest BCUT2D eigenvalue weighted by Crippen LogP contribution is 2.36. The van der Waals surface area contributed by atoms with E-state index in [1.54, 1.807) is 30.3 Å². The van der Waals surface area contributed by atoms with Gasteiger partial charge in [-0.3, -0.25) is 4.79 Å². The number of hydrogen-bond donors (Lipinski definition) is 4. The van der Waals surface area contributed by atoms with Crippen molar-refractivity contribution in [3.63, 3.8) is 0 Å². The Hall–Kier alpha value is -3.90. The van der Waals surface area contributed by atoms with Crippen LogP contribution in [0.3, 0.4) is 0 Å². The smallest absolute Gasteiger partial charge is 0.423 e. The molecule has 0 saturated heterocycles. The summed E-state index contributed by atoms with van der Waals surface area (Å²) in [6.45, 7) is 3.49. The molecule has 1 aliphatic heterocycles. The fourth-order valence-corrected chi connectivity index (χ4v) is 3.24. The summed E-state index contributed by atoms with van der Waals surface area (Å²) in [5.41, 5.74) is 1.29. The van der Waals surface area contributed by atoms with Crippen molar-refractivity contribution in [3.05, 3.63) is 72.4 Å². The molecule has 0 unspecified atom stereocenters. The maximum atomic E-state index is 13.6. The number of aromatic nitrogens is 2. The van der Waals surface area contributed by atoms with Crippen LogP contribution in [0, 0.1) is 0 Å². The zero-order valence-electron chi connectivity index (χ0n) is 17.0. The summed E-state index contributed by atoms with van der Waals surface area (Å²) in [4.78, 5) is 19.3. The molecule has 0 bridgehead atoms. The lowest BCUT2D eigenvalue weighted by Gasteiger charge is -2.16. The van der Waals surface area contributed by atoms with Gasteiger partial charge in [-0.05, 0) is 41.4 Å². The van der Waals surface area contributed by atoms with Gasteiger partial charge in [0, 0.05) is 23.3 Å². The Morgan fingerprint density at radius 1 is 1.18 bits per heavy atom. The van der Waals surface area contributed by atoms with Crippen LogP contribution < -0.4 is 21.4 Å². The maximum absolute atomic E-state index is 13.6. The lowest BCUT2D eigenvalue weighted by molar-refractivity contribution is -0.137. The molecule has 168 valence electrons. The van der Waals surface area contributed by atoms with Gasteiger partial charge in [0.2, 0.25) is 11.9 Å². The standard InChI is InChI=1S/C21H17BF3N5O3/c1-2-18(31)27-12-5-3-6-13(9-12)28-19-15(21(23,24)25)10-26-20(30-19)29-17-8-4-7-16-14(17)11-33-22(16)32/h2-10,32H,1,11H2,(H,27,31)(H2,26,28,29,30). The Morgan fingerprint density at radius 2 is 1.94 bits per heavy atom. The first kappa shape index (κ1) is 22.3. The summed E-state index contributed by atoms with van der Waals surface area (Å²) >= 11 is 0. The number of rotatable bonds is 6. The fraction of sp³-hybridized carbons (Fsp3) is 0.0952. The van der Waals surface area contributed by atoms with Crippen LogP contribution in [0.4, 0.5) is 42.0 Å². The predicted octanol–water partition coefficient (Wildman–Crippen LogP) is 3.32. The molecule has 2 aromatic carbocycles. The third kappa shape index (κ3) is 4.97. The minimum Gasteiger partial charge on any atom is -0.423 e. The van der Waals surface area contributed by atoms with E-state index in [9.17, 15) is 23.0 Å². The highest BCUT2D eigenvalue weighted by molar-refractivity contribution is 6.61. The number of benzene rings is 2. The van der Waals surface area contributed by atoms with Crippen LogP contribution in [0.2, 0.25) is 0 Å². The van der Waals surface area contributed by atoms with Crippen molar-refractivity contribution in [3.8, 4) is 0 Å². The molecule has 1 amide bonds. The highest BCUT2D eigenvalue weighted by Gasteiger charge is 2.35. The second kappa shape index (κ2) is 8.92. The second-order valence-electron chi connectivity index (χ2n) is 7.01. The minimum absolute atomic E-state index is 0.0867. The summed E-state index contributed by atoms with van der Waals surface area (Å²) in [5.74, 6) is -1.02. The maximum Gasteiger partial charge on any atom is 0.491 e. The van der Waals surface area contributed by atoms with Gasteiger partial charge in [0.05, 0.1) is 6.61 Å². The molecule has 33 heavy (non-hydrogen) atoms. The van der Waals surface area contributed by atoms with Gasteiger partial charge < -0.3 is 25.6 Å². The van der Waals surface area contributed by atoms with E-state index in [1.807, 2.05) is 0 Å². The van der Waals surface area contributed by atoms with Gasteiger partial charge >= 0.3 is 13.3 Å². The lowest BCUT2D eigenvalue weighted by atomic mass is 9.79. The van der Waals surface area contributed by atoms with Crippen LogP contribution >= 0.6 is 0 Å². The van der Waals surface area contributed by atoms with Crippen molar-refractivity contribution >= 4 is 47.3 Å². The number of amides is 1. The van der Waals surface area contributed by atoms with Gasteiger partial charge in [0.25, 0.3) is 0 Å². The molecular formula is C21H17BF3N5O3. The normalized spacial score (nSPS) is 12.8. The first-order valence-electron chi connectivity index (χ1n) is 9.68. The highest BCUT2D eigenvalue weighted by atomic mass is 19.4. The first-order chi connectivity index (χ1) is 15.7. The predicted molar refractivity (Wildman–Crippen MR) is 118 cm³/mol. The van der Waals surface area contributed by atoms with Gasteiger partial charge in [-0.25, -0.2) is 4.98 Å². The van der Waals surface area contributed by atoms with E-state index in [-0.39, 0.29) is 18.2 Å². The first-order valence-corrected chi connectivity index (χ1v) is 9.68. The Bertz CT molecular complexity index is 1220. The zero-order valence-corrected chi connectivity index (χ0v) is 17.0. The van der Waals surface area contributed by atoms with Crippen LogP contribution in [0.25, 0.3) is 0 Å². The van der Waals surface area contributed by atoms with Crippen molar-refractivity contribution in [2.24, 2.45) is 0 Å². The quantitative estimate of drug-likeness (QED) is 0.334. The average molecular weight is 455 g/mol. The van der Waals surface area contributed by atoms with Crippen LogP contribution in [-0.2, 0) is 22.2 Å². The Kier molecular flexibility index (Phi) is 6.03. The topological polar surface area (TPSA) is 108 Å². The lowest BCUT2D eigenvalue weighted by Crippen LogP contribution is -2.28. The molecule has 0 fully saturated rings. The number of anilines is 5. The molecule has 0 saturated carbocycles. The number of fused-ring (bicyclic) bond motifs is 1. The molecule has 0 aliphatic carbocycles. The van der Waals surface area contributed by atoms with Gasteiger partial charge in [-0.15, -0.1) is 0 Å². The van der Waals surface area contributed by atoms with E-state index in [4.69, 9.17) is 4.65 Å². The third-order valence-electron chi connectivity index (χ3n) is 4.78. The molecule has 12 heteroatoms. The van der Waals surface area contributed by atoms with E-state index >= 15 is 0 Å². The van der Waals surface area contributed by atoms with Crippen molar-refractivity contribution in [1.29, 1.82) is 0 Å². The molecule has 4 N–H and O–H groups in total. The van der Waals surface area contributed by atoms with E-state index < -0.39 is 30.6 Å². The SMILES string of the molecule is C=CC(=O)Nc1cccc(Nc2nc(Nc3cccc4c3COB4O)ncc2C(F)(F)F)c1. The van der Waals surface area contributed by atoms with E-state index in [2.05, 4.69) is 32.5 Å². The molecule has 8 nitrogen and oxygen atoms in total. The minimum atomic E-state index is -4.71. The van der Waals surface area contributed by atoms with Gasteiger partial charge in [-0.1, -0.05) is 24.8 Å². The van der Waals surface area contributed by atoms with Crippen molar-refractivity contribution in [2.75, 3.05) is 16.0 Å². The summed E-state index contributed by atoms with van der Waals surface area (Å²) in [6, 6.07) is 11.2. The molecule has 0 atom stereocenters. The molecule has 4 rings (SSSR count). The Balaban J connectivity index is 1.65. The van der Waals surface area contributed by atoms with Crippen molar-refractivity contribution in [2.45, 2.75) is 12.8 Å². The summed E-state index contributed by atoms with van der Waals surface area (Å²) in [6.07, 6.45) is -2.95. The molecule has 2 heterocycles. The zero-order chi connectivity index (χ0) is 23.6. The number of nitrogens with one attached hydrogen (secondary N) is 3. The Morgan fingerprint density at radius 3 is 2.70 bits per heavy atom. The largest absolute Gasteiger partial charge is 0.491 e. The van der Waals surface area contributed by atoms with E-state index in [0.717, 1.165) is 6.08 Å². The summed E-state index contributed by atoms with van der Waals surface area (Å²) < 4.78 is 45.9. The molecule has 1 aliphatic rings. The van der Waals surface area contributed by atoms with Crippen molar-refractivity contribution in [1.82, 2.24) is 9.97 Å². The number of carbonyl (C=O) groups excluding carboxylic acids is 1. The molecule has 0 spiro atoms. The van der Waals surface area contributed by atoms with Gasteiger partial charge in [0.1, 0.15) is 11.4 Å². The van der Waals surface area contributed by atoms with Crippen LogP contribution in [0.5, 0.6) is 0 Å². The third-order valence-corrected chi connectivity index (χ3v) is 4.78. The molecule has 1 aromatic heterocycles. The molecular weight excluding hydrogens is 438 g/mol. The van der Waals surface area contributed by atoms with Crippen LogP contribution in [-0.4, -0.2) is 28.0 Å². The van der Waals surface area contributed by atoms with Crippen LogP contribution in [0.15, 0.2) is 61.3 Å². The average Bonchev–Trinajstić information content (AvgIpc) is 3.15. The number of halogens is 3. The Labute approximate surface area is 186 Å². The monoisotopic (exact) mass is 455 g/mol.